The number of ether oxygens (including phenoxy) is 2. The number of carboxylic acid groups (broad SMARTS) is 1. The van der Waals surface area contributed by atoms with E-state index in [4.69, 9.17) is 9.47 Å². The molecule has 0 bridgehead atoms. The topological polar surface area (TPSA) is 84.9 Å². The van der Waals surface area contributed by atoms with Gasteiger partial charge in [0.25, 0.3) is 5.91 Å². The van der Waals surface area contributed by atoms with Crippen molar-refractivity contribution in [2.45, 2.75) is 38.1 Å². The number of nitrogens with one attached hydrogen (secondary N) is 1. The third-order valence-electron chi connectivity index (χ3n) is 4.71. The molecule has 1 aliphatic carbocycles. The number of thiophene rings is 1. The minimum Gasteiger partial charge on any atom is -0.493 e. The first-order chi connectivity index (χ1) is 13.0. The van der Waals surface area contributed by atoms with Crippen molar-refractivity contribution in [3.05, 3.63) is 45.1 Å². The minimum atomic E-state index is -0.986. The van der Waals surface area contributed by atoms with Crippen molar-refractivity contribution < 1.29 is 24.2 Å². The number of carbonyl (C=O) groups excluding carboxylic acids is 1. The zero-order valence-electron chi connectivity index (χ0n) is 15.4. The van der Waals surface area contributed by atoms with Crippen molar-refractivity contribution in [1.29, 1.82) is 0 Å². The molecule has 2 N–H and O–H groups in total. The van der Waals surface area contributed by atoms with Crippen LogP contribution >= 0.6 is 11.3 Å². The molecule has 1 heterocycles. The maximum Gasteiger partial charge on any atom is 0.305 e. The summed E-state index contributed by atoms with van der Waals surface area (Å²) in [5.74, 6) is -0.185. The van der Waals surface area contributed by atoms with E-state index in [2.05, 4.69) is 5.32 Å². The maximum atomic E-state index is 12.8. The molecular formula is C20H23NO5S. The third-order valence-corrected chi connectivity index (χ3v) is 5.95. The number of carboxylic acids is 1. The average molecular weight is 389 g/mol. The van der Waals surface area contributed by atoms with Crippen molar-refractivity contribution >= 4 is 23.2 Å². The zero-order chi connectivity index (χ0) is 19.4. The van der Waals surface area contributed by atoms with E-state index < -0.39 is 12.0 Å². The second-order valence-electron chi connectivity index (χ2n) is 6.50. The number of aliphatic carboxylic acids is 1. The minimum absolute atomic E-state index is 0.216. The first kappa shape index (κ1) is 19.2. The lowest BCUT2D eigenvalue weighted by atomic mass is 9.99. The van der Waals surface area contributed by atoms with Gasteiger partial charge in [0.05, 0.1) is 31.6 Å². The number of benzene rings is 1. The number of methoxy groups -OCH3 is 2. The predicted molar refractivity (Wildman–Crippen MR) is 103 cm³/mol. The molecule has 0 saturated carbocycles. The molecule has 7 heteroatoms. The van der Waals surface area contributed by atoms with Crippen LogP contribution in [0.3, 0.4) is 0 Å². The van der Waals surface area contributed by atoms with E-state index in [-0.39, 0.29) is 12.3 Å². The summed E-state index contributed by atoms with van der Waals surface area (Å²) in [6.45, 7) is 0. The number of fused-ring (bicyclic) bond motifs is 1. The molecule has 6 nitrogen and oxygen atoms in total. The fraction of sp³-hybridized carbons (Fsp3) is 0.400. The average Bonchev–Trinajstić information content (AvgIpc) is 3.11. The Labute approximate surface area is 162 Å². The Morgan fingerprint density at radius 2 is 1.89 bits per heavy atom. The van der Waals surface area contributed by atoms with Crippen LogP contribution in [0.15, 0.2) is 24.3 Å². The molecule has 27 heavy (non-hydrogen) atoms. The van der Waals surface area contributed by atoms with Crippen molar-refractivity contribution in [2.24, 2.45) is 0 Å². The summed E-state index contributed by atoms with van der Waals surface area (Å²) in [5, 5.41) is 12.2. The second-order valence-corrected chi connectivity index (χ2v) is 7.64. The van der Waals surface area contributed by atoms with Gasteiger partial charge in [0.1, 0.15) is 0 Å². The molecule has 0 saturated heterocycles. The summed E-state index contributed by atoms with van der Waals surface area (Å²) in [4.78, 5) is 26.0. The van der Waals surface area contributed by atoms with Gasteiger partial charge in [-0.2, -0.15) is 0 Å². The van der Waals surface area contributed by atoms with Crippen molar-refractivity contribution in [3.63, 3.8) is 0 Å². The maximum absolute atomic E-state index is 12.8. The number of hydrogen-bond donors (Lipinski definition) is 2. The van der Waals surface area contributed by atoms with Gasteiger partial charge >= 0.3 is 5.97 Å². The van der Waals surface area contributed by atoms with E-state index >= 15 is 0 Å². The molecule has 144 valence electrons. The van der Waals surface area contributed by atoms with Gasteiger partial charge in [-0.05, 0) is 55.0 Å². The molecule has 1 atom stereocenters. The van der Waals surface area contributed by atoms with Crippen molar-refractivity contribution in [2.75, 3.05) is 14.2 Å². The fourth-order valence-corrected chi connectivity index (χ4v) is 4.49. The van der Waals surface area contributed by atoms with E-state index in [1.54, 1.807) is 18.2 Å². The van der Waals surface area contributed by atoms with Gasteiger partial charge in [-0.25, -0.2) is 0 Å². The summed E-state index contributed by atoms with van der Waals surface area (Å²) in [7, 11) is 3.05. The molecule has 3 rings (SSSR count). The monoisotopic (exact) mass is 389 g/mol. The fourth-order valence-electron chi connectivity index (χ4n) is 3.33. The zero-order valence-corrected chi connectivity index (χ0v) is 16.2. The third kappa shape index (κ3) is 4.42. The largest absolute Gasteiger partial charge is 0.493 e. The van der Waals surface area contributed by atoms with E-state index in [0.29, 0.717) is 21.9 Å². The van der Waals surface area contributed by atoms with E-state index in [0.717, 1.165) is 25.7 Å². The highest BCUT2D eigenvalue weighted by atomic mass is 32.1. The summed E-state index contributed by atoms with van der Waals surface area (Å²) >= 11 is 1.51. The lowest BCUT2D eigenvalue weighted by Crippen LogP contribution is -2.29. The number of carbonyl (C=O) groups is 2. The van der Waals surface area contributed by atoms with Gasteiger partial charge in [0.15, 0.2) is 11.5 Å². The van der Waals surface area contributed by atoms with Crippen LogP contribution in [-0.2, 0) is 17.6 Å². The smallest absolute Gasteiger partial charge is 0.305 e. The van der Waals surface area contributed by atoms with Gasteiger partial charge < -0.3 is 19.9 Å². The molecule has 0 radical (unpaired) electrons. The van der Waals surface area contributed by atoms with Crippen molar-refractivity contribution in [3.8, 4) is 11.5 Å². The first-order valence-electron chi connectivity index (χ1n) is 8.88. The molecule has 1 aliphatic rings. The Bertz CT molecular complexity index is 821. The normalized spacial score (nSPS) is 14.1. The molecule has 1 amide bonds. The first-order valence-corrected chi connectivity index (χ1v) is 9.69. The predicted octanol–water partition coefficient (Wildman–Crippen LogP) is 3.59. The summed E-state index contributed by atoms with van der Waals surface area (Å²) in [5.41, 5.74) is 1.90. The highest BCUT2D eigenvalue weighted by Crippen LogP contribution is 2.32. The second kappa shape index (κ2) is 8.43. The highest BCUT2D eigenvalue weighted by molar-refractivity contribution is 7.14. The Hall–Kier alpha value is -2.54. The Balaban J connectivity index is 1.83. The van der Waals surface area contributed by atoms with Crippen LogP contribution < -0.4 is 14.8 Å². The summed E-state index contributed by atoms with van der Waals surface area (Å²) in [6.07, 6.45) is 4.11. The molecule has 0 aliphatic heterocycles. The van der Waals surface area contributed by atoms with E-state index in [9.17, 15) is 14.7 Å². The van der Waals surface area contributed by atoms with Crippen molar-refractivity contribution in [1.82, 2.24) is 5.32 Å². The molecule has 1 aromatic heterocycles. The lowest BCUT2D eigenvalue weighted by Gasteiger charge is -2.18. The van der Waals surface area contributed by atoms with Crippen LogP contribution in [0.1, 0.15) is 51.0 Å². The molecule has 1 aromatic carbocycles. The van der Waals surface area contributed by atoms with Crippen LogP contribution in [0.4, 0.5) is 0 Å². The molecule has 0 fully saturated rings. The Morgan fingerprint density at radius 1 is 1.15 bits per heavy atom. The van der Waals surface area contributed by atoms with Crippen LogP contribution in [-0.4, -0.2) is 31.2 Å². The SMILES string of the molecule is COc1ccc(C(CC(=O)O)NC(=O)c2cc3c(s2)CCCC3)cc1OC. The lowest BCUT2D eigenvalue weighted by molar-refractivity contribution is -0.137. The number of amides is 1. The van der Waals surface area contributed by atoms with Gasteiger partial charge in [-0.3, -0.25) is 9.59 Å². The summed E-state index contributed by atoms with van der Waals surface area (Å²) < 4.78 is 10.5. The standard InChI is InChI=1S/C20H23NO5S/c1-25-15-8-7-12(9-16(15)26-2)14(11-19(22)23)21-20(24)18-10-13-5-3-4-6-17(13)27-18/h7-10,14H,3-6,11H2,1-2H3,(H,21,24)(H,22,23). The quantitative estimate of drug-likeness (QED) is 0.756. The number of rotatable bonds is 7. The van der Waals surface area contributed by atoms with Gasteiger partial charge in [-0.1, -0.05) is 6.07 Å². The Kier molecular flexibility index (Phi) is 6.01. The Morgan fingerprint density at radius 3 is 2.56 bits per heavy atom. The van der Waals surface area contributed by atoms with E-state index in [1.165, 1.54) is 36.0 Å². The molecule has 1 unspecified atom stereocenters. The summed E-state index contributed by atoms with van der Waals surface area (Å²) in [6, 6.07) is 6.44. The van der Waals surface area contributed by atoms with Crippen LogP contribution in [0.2, 0.25) is 0 Å². The van der Waals surface area contributed by atoms with Gasteiger partial charge in [-0.15, -0.1) is 11.3 Å². The van der Waals surface area contributed by atoms with Crippen LogP contribution in [0.5, 0.6) is 11.5 Å². The number of hydrogen-bond acceptors (Lipinski definition) is 5. The molecular weight excluding hydrogens is 366 g/mol. The highest BCUT2D eigenvalue weighted by Gasteiger charge is 2.23. The van der Waals surface area contributed by atoms with Crippen LogP contribution in [0, 0.1) is 0 Å². The molecule has 2 aromatic rings. The van der Waals surface area contributed by atoms with Crippen LogP contribution in [0.25, 0.3) is 0 Å². The van der Waals surface area contributed by atoms with Gasteiger partial charge in [0.2, 0.25) is 0 Å². The molecule has 0 spiro atoms. The van der Waals surface area contributed by atoms with E-state index in [1.807, 2.05) is 6.07 Å². The van der Waals surface area contributed by atoms with Gasteiger partial charge in [0, 0.05) is 4.88 Å². The number of aryl methyl sites for hydroxylation is 2.